The van der Waals surface area contributed by atoms with E-state index in [-0.39, 0.29) is 18.0 Å². The smallest absolute Gasteiger partial charge is 0.314 e. The van der Waals surface area contributed by atoms with Gasteiger partial charge in [-0.3, -0.25) is 4.79 Å². The lowest BCUT2D eigenvalue weighted by Crippen LogP contribution is -2.40. The van der Waals surface area contributed by atoms with Crippen molar-refractivity contribution in [3.05, 3.63) is 30.1 Å². The summed E-state index contributed by atoms with van der Waals surface area (Å²) in [5, 5.41) is 5.67. The molecule has 3 amide bonds. The second-order valence-corrected chi connectivity index (χ2v) is 6.61. The van der Waals surface area contributed by atoms with Crippen molar-refractivity contribution in [2.45, 2.75) is 25.5 Å². The molecule has 1 aromatic carbocycles. The summed E-state index contributed by atoms with van der Waals surface area (Å²) in [5.74, 6) is -0.0500. The Kier molecular flexibility index (Phi) is 5.72. The SMILES string of the molecule is CN(C)C(=O)c1ccc2c(c1)ncn2CCNC(=O)NCC1CCCO1. The molecule has 1 saturated heterocycles. The van der Waals surface area contributed by atoms with Crippen molar-refractivity contribution in [3.8, 4) is 0 Å². The molecular formula is C18H25N5O3. The summed E-state index contributed by atoms with van der Waals surface area (Å²) < 4.78 is 7.43. The van der Waals surface area contributed by atoms with Gasteiger partial charge in [-0.15, -0.1) is 0 Å². The summed E-state index contributed by atoms with van der Waals surface area (Å²) >= 11 is 0. The second kappa shape index (κ2) is 8.18. The van der Waals surface area contributed by atoms with Gasteiger partial charge in [0.1, 0.15) is 0 Å². The number of nitrogens with zero attached hydrogens (tertiary/aromatic N) is 3. The standard InChI is InChI=1S/C18H25N5O3/c1-22(2)17(24)13-5-6-16-15(10-13)21-12-23(16)8-7-19-18(25)20-11-14-4-3-9-26-14/h5-6,10,12,14H,3-4,7-9,11H2,1-2H3,(H2,19,20,25). The molecule has 1 unspecified atom stereocenters. The van der Waals surface area contributed by atoms with Gasteiger partial charge in [0.15, 0.2) is 0 Å². The van der Waals surface area contributed by atoms with E-state index in [0.29, 0.717) is 25.2 Å². The molecule has 26 heavy (non-hydrogen) atoms. The highest BCUT2D eigenvalue weighted by atomic mass is 16.5. The van der Waals surface area contributed by atoms with Crippen LogP contribution in [0.15, 0.2) is 24.5 Å². The summed E-state index contributed by atoms with van der Waals surface area (Å²) in [6, 6.07) is 5.28. The number of amides is 3. The molecule has 2 heterocycles. The van der Waals surface area contributed by atoms with Crippen LogP contribution in [0.3, 0.4) is 0 Å². The van der Waals surface area contributed by atoms with Gasteiger partial charge in [-0.25, -0.2) is 9.78 Å². The Morgan fingerprint density at radius 3 is 2.92 bits per heavy atom. The van der Waals surface area contributed by atoms with Crippen molar-refractivity contribution >= 4 is 23.0 Å². The van der Waals surface area contributed by atoms with Gasteiger partial charge < -0.3 is 24.8 Å². The predicted molar refractivity (Wildman–Crippen MR) is 98.1 cm³/mol. The average molecular weight is 359 g/mol. The molecule has 0 bridgehead atoms. The van der Waals surface area contributed by atoms with Crippen LogP contribution in [0, 0.1) is 0 Å². The van der Waals surface area contributed by atoms with E-state index >= 15 is 0 Å². The van der Waals surface area contributed by atoms with Crippen LogP contribution < -0.4 is 10.6 Å². The summed E-state index contributed by atoms with van der Waals surface area (Å²) in [6.07, 6.45) is 3.92. The molecular weight excluding hydrogens is 334 g/mol. The Balaban J connectivity index is 1.51. The summed E-state index contributed by atoms with van der Waals surface area (Å²) in [7, 11) is 3.45. The number of imidazole rings is 1. The number of hydrogen-bond acceptors (Lipinski definition) is 4. The van der Waals surface area contributed by atoms with Crippen molar-refractivity contribution in [3.63, 3.8) is 0 Å². The first-order chi connectivity index (χ1) is 12.5. The molecule has 1 fully saturated rings. The first-order valence-corrected chi connectivity index (χ1v) is 8.84. The Morgan fingerprint density at radius 1 is 1.35 bits per heavy atom. The van der Waals surface area contributed by atoms with Crippen LogP contribution in [0.25, 0.3) is 11.0 Å². The van der Waals surface area contributed by atoms with Gasteiger partial charge in [-0.1, -0.05) is 0 Å². The van der Waals surface area contributed by atoms with Crippen molar-refractivity contribution in [1.29, 1.82) is 0 Å². The van der Waals surface area contributed by atoms with E-state index in [0.717, 1.165) is 30.5 Å². The van der Waals surface area contributed by atoms with E-state index in [1.807, 2.05) is 10.6 Å². The highest BCUT2D eigenvalue weighted by Crippen LogP contribution is 2.16. The van der Waals surface area contributed by atoms with Gasteiger partial charge in [-0.2, -0.15) is 0 Å². The number of benzene rings is 1. The summed E-state index contributed by atoms with van der Waals surface area (Å²) in [5.41, 5.74) is 2.31. The molecule has 3 rings (SSSR count). The van der Waals surface area contributed by atoms with Crippen LogP contribution in [0.5, 0.6) is 0 Å². The normalized spacial score (nSPS) is 16.6. The van der Waals surface area contributed by atoms with Gasteiger partial charge in [0.2, 0.25) is 0 Å². The van der Waals surface area contributed by atoms with Crippen molar-refractivity contribution in [2.24, 2.45) is 0 Å². The third kappa shape index (κ3) is 4.32. The molecule has 0 spiro atoms. The topological polar surface area (TPSA) is 88.5 Å². The largest absolute Gasteiger partial charge is 0.376 e. The fraction of sp³-hybridized carbons (Fsp3) is 0.500. The minimum Gasteiger partial charge on any atom is -0.376 e. The van der Waals surface area contributed by atoms with Crippen LogP contribution >= 0.6 is 0 Å². The van der Waals surface area contributed by atoms with Crippen LogP contribution in [-0.4, -0.2) is 66.3 Å². The van der Waals surface area contributed by atoms with E-state index in [2.05, 4.69) is 15.6 Å². The Morgan fingerprint density at radius 2 is 2.19 bits per heavy atom. The van der Waals surface area contributed by atoms with E-state index in [1.165, 1.54) is 4.90 Å². The maximum Gasteiger partial charge on any atom is 0.314 e. The lowest BCUT2D eigenvalue weighted by atomic mass is 10.2. The molecule has 2 aromatic rings. The highest BCUT2D eigenvalue weighted by molar-refractivity contribution is 5.97. The van der Waals surface area contributed by atoms with Crippen LogP contribution in [0.1, 0.15) is 23.2 Å². The highest BCUT2D eigenvalue weighted by Gasteiger charge is 2.16. The Labute approximate surface area is 152 Å². The number of rotatable bonds is 6. The van der Waals surface area contributed by atoms with Crippen LogP contribution in [-0.2, 0) is 11.3 Å². The van der Waals surface area contributed by atoms with Gasteiger partial charge in [0.05, 0.1) is 23.5 Å². The number of carbonyl (C=O) groups is 2. The molecule has 0 aliphatic carbocycles. The molecule has 0 radical (unpaired) electrons. The average Bonchev–Trinajstić information content (AvgIpc) is 3.28. The molecule has 0 saturated carbocycles. The lowest BCUT2D eigenvalue weighted by Gasteiger charge is -2.12. The second-order valence-electron chi connectivity index (χ2n) is 6.61. The Hall–Kier alpha value is -2.61. The third-order valence-electron chi connectivity index (χ3n) is 4.43. The first kappa shape index (κ1) is 18.2. The molecule has 2 N–H and O–H groups in total. The number of hydrogen-bond donors (Lipinski definition) is 2. The third-order valence-corrected chi connectivity index (χ3v) is 4.43. The minimum absolute atomic E-state index is 0.0500. The zero-order valence-corrected chi connectivity index (χ0v) is 15.2. The lowest BCUT2D eigenvalue weighted by molar-refractivity contribution is 0.0827. The zero-order valence-electron chi connectivity index (χ0n) is 15.2. The minimum atomic E-state index is -0.191. The molecule has 8 nitrogen and oxygen atoms in total. The fourth-order valence-corrected chi connectivity index (χ4v) is 3.00. The number of carbonyl (C=O) groups excluding carboxylic acids is 2. The van der Waals surface area contributed by atoms with E-state index < -0.39 is 0 Å². The molecule has 1 aliphatic heterocycles. The van der Waals surface area contributed by atoms with Crippen molar-refractivity contribution in [1.82, 2.24) is 25.1 Å². The van der Waals surface area contributed by atoms with Crippen LogP contribution in [0.2, 0.25) is 0 Å². The summed E-state index contributed by atoms with van der Waals surface area (Å²) in [6.45, 7) is 2.41. The number of nitrogens with one attached hydrogen (secondary N) is 2. The van der Waals surface area contributed by atoms with Crippen molar-refractivity contribution in [2.75, 3.05) is 33.8 Å². The van der Waals surface area contributed by atoms with E-state index in [1.54, 1.807) is 32.6 Å². The van der Waals surface area contributed by atoms with E-state index in [4.69, 9.17) is 4.74 Å². The summed E-state index contributed by atoms with van der Waals surface area (Å²) in [4.78, 5) is 29.8. The number of ether oxygens (including phenoxy) is 1. The number of urea groups is 1. The quantitative estimate of drug-likeness (QED) is 0.812. The van der Waals surface area contributed by atoms with Gasteiger partial charge in [0, 0.05) is 45.9 Å². The van der Waals surface area contributed by atoms with Crippen molar-refractivity contribution < 1.29 is 14.3 Å². The predicted octanol–water partition coefficient (Wildman–Crippen LogP) is 1.22. The zero-order chi connectivity index (χ0) is 18.5. The van der Waals surface area contributed by atoms with Crippen LogP contribution in [0.4, 0.5) is 4.79 Å². The van der Waals surface area contributed by atoms with Gasteiger partial charge >= 0.3 is 6.03 Å². The Bertz CT molecular complexity index is 780. The molecule has 140 valence electrons. The molecule has 8 heteroatoms. The first-order valence-electron chi connectivity index (χ1n) is 8.84. The maximum absolute atomic E-state index is 12.0. The number of fused-ring (bicyclic) bond motifs is 1. The van der Waals surface area contributed by atoms with Gasteiger partial charge in [0.25, 0.3) is 5.91 Å². The van der Waals surface area contributed by atoms with Gasteiger partial charge in [-0.05, 0) is 31.0 Å². The molecule has 1 atom stereocenters. The monoisotopic (exact) mass is 359 g/mol. The maximum atomic E-state index is 12.0. The van der Waals surface area contributed by atoms with E-state index in [9.17, 15) is 9.59 Å². The fourth-order valence-electron chi connectivity index (χ4n) is 3.00. The molecule has 1 aliphatic rings. The number of aromatic nitrogens is 2. The molecule has 1 aromatic heterocycles.